The summed E-state index contributed by atoms with van der Waals surface area (Å²) >= 11 is 0. The lowest BCUT2D eigenvalue weighted by Gasteiger charge is -2.22. The molecule has 3 heteroatoms. The second-order valence-electron chi connectivity index (χ2n) is 4.11. The van der Waals surface area contributed by atoms with E-state index in [1.165, 1.54) is 6.42 Å². The van der Waals surface area contributed by atoms with Gasteiger partial charge in [0.25, 0.3) is 0 Å². The largest absolute Gasteiger partial charge is 0.395 e. The van der Waals surface area contributed by atoms with Crippen LogP contribution in [0.5, 0.6) is 0 Å². The van der Waals surface area contributed by atoms with Crippen molar-refractivity contribution in [2.24, 2.45) is 5.92 Å². The van der Waals surface area contributed by atoms with Gasteiger partial charge >= 0.3 is 0 Å². The lowest BCUT2D eigenvalue weighted by Crippen LogP contribution is -2.40. The van der Waals surface area contributed by atoms with E-state index in [0.29, 0.717) is 0 Å². The molecule has 0 aliphatic carbocycles. The molecule has 1 atom stereocenters. The van der Waals surface area contributed by atoms with Crippen LogP contribution in [0.4, 0.5) is 0 Å². The van der Waals surface area contributed by atoms with Crippen LogP contribution < -0.4 is 5.32 Å². The Bertz CT molecular complexity index is 113. The molecule has 0 rings (SSSR count). The van der Waals surface area contributed by atoms with E-state index in [4.69, 9.17) is 5.11 Å². The fourth-order valence-electron chi connectivity index (χ4n) is 1.19. The Morgan fingerprint density at radius 3 is 2.38 bits per heavy atom. The molecule has 0 saturated heterocycles. The molecule has 0 aromatic heterocycles. The first-order chi connectivity index (χ1) is 6.10. The molecule has 13 heavy (non-hydrogen) atoms. The van der Waals surface area contributed by atoms with Gasteiger partial charge in [-0.1, -0.05) is 13.8 Å². The average molecular weight is 188 g/mol. The summed E-state index contributed by atoms with van der Waals surface area (Å²) in [6, 6.07) is 0.206. The first-order valence-corrected chi connectivity index (χ1v) is 5.06. The molecule has 0 aliphatic rings. The third-order valence-electron chi connectivity index (χ3n) is 2.25. The van der Waals surface area contributed by atoms with Gasteiger partial charge in [0, 0.05) is 12.6 Å². The van der Waals surface area contributed by atoms with E-state index in [2.05, 4.69) is 31.1 Å². The third-order valence-corrected chi connectivity index (χ3v) is 2.25. The number of nitrogens with zero attached hydrogens (tertiary/aromatic N) is 1. The summed E-state index contributed by atoms with van der Waals surface area (Å²) in [6.45, 7) is 6.70. The molecule has 80 valence electrons. The van der Waals surface area contributed by atoms with Gasteiger partial charge in [-0.25, -0.2) is 0 Å². The van der Waals surface area contributed by atoms with Crippen molar-refractivity contribution in [1.82, 2.24) is 10.2 Å². The van der Waals surface area contributed by atoms with E-state index in [1.807, 2.05) is 7.05 Å². The summed E-state index contributed by atoms with van der Waals surface area (Å²) in [5.41, 5.74) is 0. The van der Waals surface area contributed by atoms with Crippen molar-refractivity contribution in [3.05, 3.63) is 0 Å². The van der Waals surface area contributed by atoms with Crippen molar-refractivity contribution in [3.63, 3.8) is 0 Å². The van der Waals surface area contributed by atoms with E-state index in [-0.39, 0.29) is 12.6 Å². The van der Waals surface area contributed by atoms with E-state index >= 15 is 0 Å². The van der Waals surface area contributed by atoms with E-state index < -0.39 is 0 Å². The van der Waals surface area contributed by atoms with E-state index in [9.17, 15) is 0 Å². The zero-order valence-corrected chi connectivity index (χ0v) is 9.38. The summed E-state index contributed by atoms with van der Waals surface area (Å²) in [5.74, 6) is 0.754. The predicted octanol–water partition coefficient (Wildman–Crippen LogP) is 0.545. The van der Waals surface area contributed by atoms with Crippen molar-refractivity contribution < 1.29 is 5.11 Å². The Morgan fingerprint density at radius 2 is 2.00 bits per heavy atom. The fraction of sp³-hybridized carbons (Fsp3) is 1.00. The minimum absolute atomic E-state index is 0.206. The summed E-state index contributed by atoms with van der Waals surface area (Å²) in [4.78, 5) is 2.26. The van der Waals surface area contributed by atoms with Crippen LogP contribution in [0.15, 0.2) is 0 Å². The molecule has 0 bridgehead atoms. The van der Waals surface area contributed by atoms with Gasteiger partial charge in [0.15, 0.2) is 0 Å². The second-order valence-corrected chi connectivity index (χ2v) is 4.11. The van der Waals surface area contributed by atoms with E-state index in [0.717, 1.165) is 19.0 Å². The molecule has 0 radical (unpaired) electrons. The molecule has 0 heterocycles. The van der Waals surface area contributed by atoms with Crippen LogP contribution in [0.3, 0.4) is 0 Å². The molecule has 0 aliphatic heterocycles. The van der Waals surface area contributed by atoms with Gasteiger partial charge in [0.05, 0.1) is 6.61 Å². The van der Waals surface area contributed by atoms with Crippen LogP contribution in [0.25, 0.3) is 0 Å². The Labute approximate surface area is 82.1 Å². The molecule has 2 N–H and O–H groups in total. The summed E-state index contributed by atoms with van der Waals surface area (Å²) in [7, 11) is 3.99. The molecule has 0 aromatic carbocycles. The maximum Gasteiger partial charge on any atom is 0.0597 e. The Balaban J connectivity index is 3.53. The fourth-order valence-corrected chi connectivity index (χ4v) is 1.19. The van der Waals surface area contributed by atoms with Crippen LogP contribution in [0.1, 0.15) is 20.3 Å². The normalized spacial score (nSPS) is 14.1. The van der Waals surface area contributed by atoms with Crippen LogP contribution >= 0.6 is 0 Å². The van der Waals surface area contributed by atoms with E-state index in [1.54, 1.807) is 0 Å². The lowest BCUT2D eigenvalue weighted by atomic mass is 10.1. The smallest absolute Gasteiger partial charge is 0.0597 e. The zero-order valence-electron chi connectivity index (χ0n) is 9.38. The molecule has 0 saturated carbocycles. The minimum atomic E-state index is 0.206. The van der Waals surface area contributed by atoms with Gasteiger partial charge in [-0.3, -0.25) is 0 Å². The molecular weight excluding hydrogens is 164 g/mol. The molecule has 0 amide bonds. The van der Waals surface area contributed by atoms with Crippen LogP contribution in [0, 0.1) is 5.92 Å². The van der Waals surface area contributed by atoms with Gasteiger partial charge in [-0.15, -0.1) is 0 Å². The highest BCUT2D eigenvalue weighted by atomic mass is 16.3. The maximum atomic E-state index is 8.96. The monoisotopic (exact) mass is 188 g/mol. The minimum Gasteiger partial charge on any atom is -0.395 e. The van der Waals surface area contributed by atoms with Crippen molar-refractivity contribution in [2.45, 2.75) is 26.3 Å². The van der Waals surface area contributed by atoms with Gasteiger partial charge in [0.1, 0.15) is 0 Å². The summed E-state index contributed by atoms with van der Waals surface area (Å²) in [6.07, 6.45) is 1.22. The van der Waals surface area contributed by atoms with Crippen molar-refractivity contribution in [2.75, 3.05) is 33.8 Å². The Hall–Kier alpha value is -0.120. The number of aliphatic hydroxyl groups excluding tert-OH is 1. The second kappa shape index (κ2) is 7.30. The van der Waals surface area contributed by atoms with Gasteiger partial charge < -0.3 is 15.3 Å². The van der Waals surface area contributed by atoms with Crippen molar-refractivity contribution in [3.8, 4) is 0 Å². The van der Waals surface area contributed by atoms with Gasteiger partial charge in [-0.05, 0) is 33.0 Å². The first-order valence-electron chi connectivity index (χ1n) is 5.06. The number of hydrogen-bond donors (Lipinski definition) is 2. The maximum absolute atomic E-state index is 8.96. The van der Waals surface area contributed by atoms with Gasteiger partial charge in [0.2, 0.25) is 0 Å². The SMILES string of the molecule is CNC(CO)CN(C)CCC(C)C. The lowest BCUT2D eigenvalue weighted by molar-refractivity contribution is 0.200. The van der Waals surface area contributed by atoms with Crippen molar-refractivity contribution in [1.29, 1.82) is 0 Å². The number of rotatable bonds is 7. The number of hydrogen-bond acceptors (Lipinski definition) is 3. The van der Waals surface area contributed by atoms with Crippen LogP contribution in [-0.4, -0.2) is 49.8 Å². The molecule has 0 spiro atoms. The highest BCUT2D eigenvalue weighted by molar-refractivity contribution is 4.67. The molecule has 1 unspecified atom stereocenters. The average Bonchev–Trinajstić information content (AvgIpc) is 2.10. The molecular formula is C10H24N2O. The highest BCUT2D eigenvalue weighted by Gasteiger charge is 2.07. The number of aliphatic hydroxyl groups is 1. The summed E-state index contributed by atoms with van der Waals surface area (Å²) < 4.78 is 0. The third kappa shape index (κ3) is 6.99. The quantitative estimate of drug-likeness (QED) is 0.612. The topological polar surface area (TPSA) is 35.5 Å². The number of likely N-dealkylation sites (N-methyl/N-ethyl adjacent to an activating group) is 2. The highest BCUT2D eigenvalue weighted by Crippen LogP contribution is 2.00. The number of nitrogens with one attached hydrogen (secondary N) is 1. The Kier molecular flexibility index (Phi) is 7.23. The predicted molar refractivity (Wildman–Crippen MR) is 56.9 cm³/mol. The molecule has 3 nitrogen and oxygen atoms in total. The zero-order chi connectivity index (χ0) is 10.3. The molecule has 0 fully saturated rings. The Morgan fingerprint density at radius 1 is 1.38 bits per heavy atom. The summed E-state index contributed by atoms with van der Waals surface area (Å²) in [5, 5.41) is 12.0. The van der Waals surface area contributed by atoms with Gasteiger partial charge in [-0.2, -0.15) is 0 Å². The first kappa shape index (κ1) is 12.9. The van der Waals surface area contributed by atoms with Crippen LogP contribution in [-0.2, 0) is 0 Å². The standard InChI is InChI=1S/C10H24N2O/c1-9(2)5-6-12(4)7-10(8-13)11-3/h9-11,13H,5-8H2,1-4H3. The van der Waals surface area contributed by atoms with Crippen LogP contribution in [0.2, 0.25) is 0 Å². The molecule has 0 aromatic rings. The van der Waals surface area contributed by atoms with Crippen molar-refractivity contribution >= 4 is 0 Å².